The van der Waals surface area contributed by atoms with E-state index in [0.29, 0.717) is 0 Å². The molecule has 0 bridgehead atoms. The van der Waals surface area contributed by atoms with Crippen molar-refractivity contribution in [1.29, 1.82) is 0 Å². The Morgan fingerprint density at radius 1 is 1.23 bits per heavy atom. The molecule has 0 aromatic heterocycles. The first-order chi connectivity index (χ1) is 10.4. The molecule has 1 saturated heterocycles. The zero-order valence-corrected chi connectivity index (χ0v) is 13.5. The van der Waals surface area contributed by atoms with E-state index < -0.39 is 30.2 Å². The van der Waals surface area contributed by atoms with Crippen molar-refractivity contribution in [1.82, 2.24) is 0 Å². The highest BCUT2D eigenvalue weighted by Crippen LogP contribution is 2.33. The van der Waals surface area contributed by atoms with Gasteiger partial charge in [-0.3, -0.25) is 0 Å². The average molecular weight is 310 g/mol. The molecule has 0 radical (unpaired) electrons. The second-order valence-electron chi connectivity index (χ2n) is 5.40. The fraction of sp³-hybridized carbons (Fsp3) is 0.529. The van der Waals surface area contributed by atoms with Gasteiger partial charge in [0.05, 0.1) is 0 Å². The second kappa shape index (κ2) is 8.41. The summed E-state index contributed by atoms with van der Waals surface area (Å²) in [5.41, 5.74) is 0.793. The number of ether oxygens (including phenoxy) is 4. The van der Waals surface area contributed by atoms with Gasteiger partial charge >= 0.3 is 0 Å². The van der Waals surface area contributed by atoms with E-state index in [1.807, 2.05) is 6.08 Å². The third-order valence-corrected chi connectivity index (χ3v) is 3.27. The maximum absolute atomic E-state index is 10.1. The Bertz CT molecular complexity index is 417. The first-order valence-electron chi connectivity index (χ1n) is 7.12. The Balaban J connectivity index is 3.08. The van der Waals surface area contributed by atoms with Crippen molar-refractivity contribution in [2.75, 3.05) is 13.9 Å². The summed E-state index contributed by atoms with van der Waals surface area (Å²) in [6.07, 6.45) is 4.08. The van der Waals surface area contributed by atoms with E-state index in [1.54, 1.807) is 26.0 Å². The SMILES string of the molecule is C=CC(C=C)=C[C@H](OCOC)[C@H]1OC(C)(C)O[C@H]1C(O)C=C. The molecule has 0 saturated carbocycles. The first kappa shape index (κ1) is 18.8. The molecule has 1 aliphatic rings. The number of hydrogen-bond donors (Lipinski definition) is 1. The van der Waals surface area contributed by atoms with Crippen molar-refractivity contribution < 1.29 is 24.1 Å². The monoisotopic (exact) mass is 310 g/mol. The maximum Gasteiger partial charge on any atom is 0.164 e. The summed E-state index contributed by atoms with van der Waals surface area (Å²) in [6.45, 7) is 14.7. The van der Waals surface area contributed by atoms with Crippen LogP contribution < -0.4 is 0 Å². The quantitative estimate of drug-likeness (QED) is 0.402. The van der Waals surface area contributed by atoms with Gasteiger partial charge in [0.15, 0.2) is 5.79 Å². The second-order valence-corrected chi connectivity index (χ2v) is 5.40. The summed E-state index contributed by atoms with van der Waals surface area (Å²) in [5.74, 6) is -0.829. The Kier molecular flexibility index (Phi) is 7.19. The van der Waals surface area contributed by atoms with Gasteiger partial charge in [-0.15, -0.1) is 6.58 Å². The number of hydrogen-bond acceptors (Lipinski definition) is 5. The van der Waals surface area contributed by atoms with E-state index in [2.05, 4.69) is 19.7 Å². The topological polar surface area (TPSA) is 57.2 Å². The number of aliphatic hydroxyl groups excluding tert-OH is 1. The molecule has 124 valence electrons. The van der Waals surface area contributed by atoms with E-state index in [-0.39, 0.29) is 6.79 Å². The van der Waals surface area contributed by atoms with E-state index in [1.165, 1.54) is 13.2 Å². The molecule has 0 aromatic rings. The minimum atomic E-state index is -0.871. The molecular weight excluding hydrogens is 284 g/mol. The van der Waals surface area contributed by atoms with E-state index in [4.69, 9.17) is 18.9 Å². The third kappa shape index (κ3) is 4.90. The summed E-state index contributed by atoms with van der Waals surface area (Å²) >= 11 is 0. The zero-order valence-electron chi connectivity index (χ0n) is 13.5. The Morgan fingerprint density at radius 3 is 2.32 bits per heavy atom. The lowest BCUT2D eigenvalue weighted by atomic mass is 10.0. The standard InChI is InChI=1S/C17H26O5/c1-7-12(8-2)10-14(20-11-19-6)16-15(13(18)9-3)21-17(4,5)22-16/h7-10,13-16,18H,1-3,11H2,4-6H3/t13?,14-,15-,16+/m0/s1. The molecular formula is C17H26O5. The normalized spacial score (nSPS) is 26.0. The van der Waals surface area contributed by atoms with Gasteiger partial charge < -0.3 is 24.1 Å². The van der Waals surface area contributed by atoms with E-state index in [0.717, 1.165) is 5.57 Å². The van der Waals surface area contributed by atoms with Crippen LogP contribution in [0.15, 0.2) is 49.6 Å². The number of methoxy groups -OCH3 is 1. The van der Waals surface area contributed by atoms with Crippen LogP contribution in [-0.4, -0.2) is 49.2 Å². The molecule has 1 unspecified atom stereocenters. The Labute approximate surface area is 132 Å². The largest absolute Gasteiger partial charge is 0.386 e. The lowest BCUT2D eigenvalue weighted by molar-refractivity contribution is -0.165. The molecule has 5 nitrogen and oxygen atoms in total. The predicted molar refractivity (Wildman–Crippen MR) is 85.3 cm³/mol. The van der Waals surface area contributed by atoms with Crippen molar-refractivity contribution in [3.8, 4) is 0 Å². The highest BCUT2D eigenvalue weighted by Gasteiger charge is 2.47. The van der Waals surface area contributed by atoms with Crippen molar-refractivity contribution in [2.45, 2.75) is 44.1 Å². The van der Waals surface area contributed by atoms with E-state index >= 15 is 0 Å². The third-order valence-electron chi connectivity index (χ3n) is 3.27. The minimum absolute atomic E-state index is 0.0833. The molecule has 1 fully saturated rings. The highest BCUT2D eigenvalue weighted by atomic mass is 16.8. The molecule has 0 amide bonds. The van der Waals surface area contributed by atoms with Gasteiger partial charge in [-0.25, -0.2) is 0 Å². The molecule has 0 aliphatic carbocycles. The van der Waals surface area contributed by atoms with Crippen LogP contribution in [0.1, 0.15) is 13.8 Å². The summed E-state index contributed by atoms with van der Waals surface area (Å²) < 4.78 is 22.3. The van der Waals surface area contributed by atoms with Crippen LogP contribution in [0.25, 0.3) is 0 Å². The van der Waals surface area contributed by atoms with Crippen LogP contribution in [0.5, 0.6) is 0 Å². The van der Waals surface area contributed by atoms with Crippen LogP contribution in [0, 0.1) is 0 Å². The molecule has 1 aliphatic heterocycles. The number of allylic oxidation sites excluding steroid dienone is 3. The highest BCUT2D eigenvalue weighted by molar-refractivity contribution is 5.29. The van der Waals surface area contributed by atoms with Crippen LogP contribution >= 0.6 is 0 Å². The summed E-state index contributed by atoms with van der Waals surface area (Å²) in [5, 5.41) is 10.1. The summed E-state index contributed by atoms with van der Waals surface area (Å²) in [7, 11) is 1.54. The maximum atomic E-state index is 10.1. The summed E-state index contributed by atoms with van der Waals surface area (Å²) in [4.78, 5) is 0. The van der Waals surface area contributed by atoms with E-state index in [9.17, 15) is 5.11 Å². The fourth-order valence-electron chi connectivity index (χ4n) is 2.26. The van der Waals surface area contributed by atoms with Crippen LogP contribution in [0.2, 0.25) is 0 Å². The van der Waals surface area contributed by atoms with Gasteiger partial charge in [-0.1, -0.05) is 31.4 Å². The lowest BCUT2D eigenvalue weighted by Crippen LogP contribution is -2.42. The van der Waals surface area contributed by atoms with Crippen LogP contribution in [0.4, 0.5) is 0 Å². The van der Waals surface area contributed by atoms with Crippen molar-refractivity contribution in [3.63, 3.8) is 0 Å². The Hall–Kier alpha value is -1.24. The number of aliphatic hydroxyl groups is 1. The molecule has 1 heterocycles. The Morgan fingerprint density at radius 2 is 1.82 bits per heavy atom. The van der Waals surface area contributed by atoms with Gasteiger partial charge in [0.25, 0.3) is 0 Å². The minimum Gasteiger partial charge on any atom is -0.386 e. The zero-order chi connectivity index (χ0) is 16.8. The molecule has 1 rings (SSSR count). The average Bonchev–Trinajstić information content (AvgIpc) is 2.82. The molecule has 0 aromatic carbocycles. The van der Waals surface area contributed by atoms with Crippen LogP contribution in [-0.2, 0) is 18.9 Å². The number of rotatable bonds is 9. The van der Waals surface area contributed by atoms with Gasteiger partial charge in [0.1, 0.15) is 31.2 Å². The molecule has 5 heteroatoms. The van der Waals surface area contributed by atoms with Gasteiger partial charge in [0.2, 0.25) is 0 Å². The van der Waals surface area contributed by atoms with Crippen molar-refractivity contribution >= 4 is 0 Å². The predicted octanol–water partition coefficient (Wildman–Crippen LogP) is 2.34. The van der Waals surface area contributed by atoms with Gasteiger partial charge in [-0.2, -0.15) is 0 Å². The first-order valence-corrected chi connectivity index (χ1v) is 7.12. The fourth-order valence-corrected chi connectivity index (χ4v) is 2.26. The van der Waals surface area contributed by atoms with Crippen molar-refractivity contribution in [3.05, 3.63) is 49.6 Å². The van der Waals surface area contributed by atoms with Gasteiger partial charge in [0, 0.05) is 7.11 Å². The molecule has 4 atom stereocenters. The molecule has 1 N–H and O–H groups in total. The summed E-state index contributed by atoms with van der Waals surface area (Å²) in [6, 6.07) is 0. The molecule has 0 spiro atoms. The molecule has 22 heavy (non-hydrogen) atoms. The van der Waals surface area contributed by atoms with Crippen molar-refractivity contribution in [2.24, 2.45) is 0 Å². The lowest BCUT2D eigenvalue weighted by Gasteiger charge is -2.26. The van der Waals surface area contributed by atoms with Crippen LogP contribution in [0.3, 0.4) is 0 Å². The van der Waals surface area contributed by atoms with Gasteiger partial charge in [-0.05, 0) is 25.5 Å². The smallest absolute Gasteiger partial charge is 0.164 e.